The highest BCUT2D eigenvalue weighted by Crippen LogP contribution is 2.23. The first-order chi connectivity index (χ1) is 14.1. The number of ether oxygens (including phenoxy) is 2. The number of cyclic esters (lactones) is 1. The van der Waals surface area contributed by atoms with Crippen molar-refractivity contribution < 1.29 is 18.7 Å². The van der Waals surface area contributed by atoms with Crippen molar-refractivity contribution in [3.05, 3.63) is 106 Å². The van der Waals surface area contributed by atoms with E-state index in [1.807, 2.05) is 36.4 Å². The molecule has 3 aromatic carbocycles. The van der Waals surface area contributed by atoms with E-state index >= 15 is 0 Å². The van der Waals surface area contributed by atoms with E-state index in [9.17, 15) is 9.18 Å². The van der Waals surface area contributed by atoms with Gasteiger partial charge in [0.05, 0.1) is 0 Å². The number of hydrogen-bond acceptors (Lipinski definition) is 4. The fourth-order valence-electron chi connectivity index (χ4n) is 2.78. The van der Waals surface area contributed by atoms with E-state index in [2.05, 4.69) is 4.99 Å². The quantitative estimate of drug-likeness (QED) is 0.420. The van der Waals surface area contributed by atoms with E-state index in [1.165, 1.54) is 18.2 Å². The van der Waals surface area contributed by atoms with Crippen LogP contribution in [0, 0.1) is 5.82 Å². The Kier molecular flexibility index (Phi) is 5.40. The Hall–Kier alpha value is -3.44. The molecule has 0 saturated heterocycles. The first-order valence-electron chi connectivity index (χ1n) is 8.83. The van der Waals surface area contributed by atoms with Crippen LogP contribution in [0.15, 0.2) is 83.5 Å². The minimum absolute atomic E-state index is 0.0758. The molecular weight excluding hydrogens is 393 g/mol. The molecule has 0 aromatic heterocycles. The van der Waals surface area contributed by atoms with Crippen molar-refractivity contribution in [1.29, 1.82) is 0 Å². The van der Waals surface area contributed by atoms with Crippen LogP contribution in [0.4, 0.5) is 4.39 Å². The smallest absolute Gasteiger partial charge is 0.363 e. The lowest BCUT2D eigenvalue weighted by atomic mass is 10.2. The molecule has 4 rings (SSSR count). The molecule has 0 unspecified atom stereocenters. The van der Waals surface area contributed by atoms with Crippen LogP contribution in [0.25, 0.3) is 6.08 Å². The van der Waals surface area contributed by atoms with Gasteiger partial charge in [-0.3, -0.25) is 0 Å². The summed E-state index contributed by atoms with van der Waals surface area (Å²) in [7, 11) is 0. The predicted molar refractivity (Wildman–Crippen MR) is 109 cm³/mol. The summed E-state index contributed by atoms with van der Waals surface area (Å²) < 4.78 is 24.4. The molecule has 6 heteroatoms. The number of carbonyl (C=O) groups excluding carboxylic acids is 1. The molecular formula is C23H15ClFNO3. The van der Waals surface area contributed by atoms with E-state index in [4.69, 9.17) is 21.1 Å². The number of aliphatic imine (C=N–C) groups is 1. The van der Waals surface area contributed by atoms with Crippen molar-refractivity contribution in [3.63, 3.8) is 0 Å². The maximum Gasteiger partial charge on any atom is 0.363 e. The second-order valence-corrected chi connectivity index (χ2v) is 6.71. The second kappa shape index (κ2) is 8.29. The van der Waals surface area contributed by atoms with Gasteiger partial charge >= 0.3 is 5.97 Å². The van der Waals surface area contributed by atoms with Crippen LogP contribution < -0.4 is 4.74 Å². The molecule has 0 aliphatic carbocycles. The highest BCUT2D eigenvalue weighted by molar-refractivity contribution is 6.31. The first kappa shape index (κ1) is 18.9. The Bertz CT molecular complexity index is 1140. The Morgan fingerprint density at radius 1 is 1.03 bits per heavy atom. The molecule has 0 radical (unpaired) electrons. The molecule has 1 aliphatic heterocycles. The van der Waals surface area contributed by atoms with E-state index < -0.39 is 11.8 Å². The maximum absolute atomic E-state index is 13.4. The number of nitrogens with zero attached hydrogens (tertiary/aromatic N) is 1. The van der Waals surface area contributed by atoms with Gasteiger partial charge in [0.2, 0.25) is 5.90 Å². The van der Waals surface area contributed by atoms with Crippen molar-refractivity contribution in [2.24, 2.45) is 4.99 Å². The minimum atomic E-state index is -0.591. The average Bonchev–Trinajstić information content (AvgIpc) is 3.08. The third-order valence-electron chi connectivity index (χ3n) is 4.21. The van der Waals surface area contributed by atoms with Crippen LogP contribution in [-0.4, -0.2) is 11.9 Å². The van der Waals surface area contributed by atoms with Crippen molar-refractivity contribution in [3.8, 4) is 5.75 Å². The number of halogens is 2. The van der Waals surface area contributed by atoms with Crippen LogP contribution >= 0.6 is 11.6 Å². The first-order valence-corrected chi connectivity index (χ1v) is 9.21. The molecule has 0 spiro atoms. The minimum Gasteiger partial charge on any atom is -0.489 e. The van der Waals surface area contributed by atoms with Gasteiger partial charge in [-0.15, -0.1) is 0 Å². The van der Waals surface area contributed by atoms with Crippen molar-refractivity contribution in [1.82, 2.24) is 0 Å². The number of carbonyl (C=O) groups is 1. The molecule has 0 N–H and O–H groups in total. The molecule has 4 nitrogen and oxygen atoms in total. The summed E-state index contributed by atoms with van der Waals surface area (Å²) in [6, 6.07) is 20.4. The lowest BCUT2D eigenvalue weighted by Crippen LogP contribution is -2.05. The zero-order chi connectivity index (χ0) is 20.2. The number of benzene rings is 3. The fourth-order valence-corrected chi connectivity index (χ4v) is 2.97. The molecule has 0 saturated carbocycles. The second-order valence-electron chi connectivity index (χ2n) is 6.30. The molecule has 29 heavy (non-hydrogen) atoms. The van der Waals surface area contributed by atoms with E-state index in [0.717, 1.165) is 11.1 Å². The van der Waals surface area contributed by atoms with Gasteiger partial charge in [0.1, 0.15) is 18.2 Å². The van der Waals surface area contributed by atoms with Gasteiger partial charge in [0.25, 0.3) is 0 Å². The van der Waals surface area contributed by atoms with Crippen LogP contribution in [0.1, 0.15) is 16.7 Å². The van der Waals surface area contributed by atoms with Gasteiger partial charge in [0.15, 0.2) is 5.70 Å². The van der Waals surface area contributed by atoms with Crippen molar-refractivity contribution in [2.75, 3.05) is 0 Å². The Balaban J connectivity index is 1.53. The molecule has 1 heterocycles. The number of hydrogen-bond donors (Lipinski definition) is 0. The molecule has 0 fully saturated rings. The number of rotatable bonds is 5. The largest absolute Gasteiger partial charge is 0.489 e. The third-order valence-corrected chi connectivity index (χ3v) is 4.57. The zero-order valence-corrected chi connectivity index (χ0v) is 15.9. The topological polar surface area (TPSA) is 47.9 Å². The monoisotopic (exact) mass is 407 g/mol. The zero-order valence-electron chi connectivity index (χ0n) is 15.1. The summed E-state index contributed by atoms with van der Waals surface area (Å²) >= 11 is 6.15. The van der Waals surface area contributed by atoms with Crippen LogP contribution in [0.5, 0.6) is 5.75 Å². The van der Waals surface area contributed by atoms with Gasteiger partial charge in [-0.2, -0.15) is 0 Å². The van der Waals surface area contributed by atoms with Crippen molar-refractivity contribution >= 4 is 29.5 Å². The van der Waals surface area contributed by atoms with Gasteiger partial charge < -0.3 is 9.47 Å². The predicted octanol–water partition coefficient (Wildman–Crippen LogP) is 5.40. The molecule has 144 valence electrons. The molecule has 1 aliphatic rings. The number of esters is 1. The van der Waals surface area contributed by atoms with Gasteiger partial charge in [-0.1, -0.05) is 48.0 Å². The Labute approximate surface area is 171 Å². The van der Waals surface area contributed by atoms with Gasteiger partial charge in [-0.05, 0) is 48.0 Å². The Morgan fingerprint density at radius 3 is 2.69 bits per heavy atom. The normalized spacial score (nSPS) is 14.6. The van der Waals surface area contributed by atoms with Gasteiger partial charge in [-0.25, -0.2) is 14.2 Å². The highest BCUT2D eigenvalue weighted by Gasteiger charge is 2.24. The highest BCUT2D eigenvalue weighted by atomic mass is 35.5. The Morgan fingerprint density at radius 2 is 1.86 bits per heavy atom. The van der Waals surface area contributed by atoms with Gasteiger partial charge in [0, 0.05) is 16.1 Å². The van der Waals surface area contributed by atoms with E-state index in [0.29, 0.717) is 22.9 Å². The van der Waals surface area contributed by atoms with Crippen molar-refractivity contribution in [2.45, 2.75) is 6.61 Å². The molecule has 3 aromatic rings. The van der Waals surface area contributed by atoms with E-state index in [-0.39, 0.29) is 11.6 Å². The summed E-state index contributed by atoms with van der Waals surface area (Å²) in [6.07, 6.45) is 1.59. The molecule has 0 bridgehead atoms. The fraction of sp³-hybridized carbons (Fsp3) is 0.0435. The maximum atomic E-state index is 13.4. The SMILES string of the molecule is O=C1OC(c2cccc(F)c2)=N/C1=C\c1cccc(OCc2ccccc2Cl)c1. The summed E-state index contributed by atoms with van der Waals surface area (Å²) in [5.74, 6) is -0.319. The molecule has 0 atom stereocenters. The summed E-state index contributed by atoms with van der Waals surface area (Å²) in [5, 5.41) is 0.638. The van der Waals surface area contributed by atoms with Crippen LogP contribution in [0.3, 0.4) is 0 Å². The summed E-state index contributed by atoms with van der Waals surface area (Å²) in [6.45, 7) is 0.323. The van der Waals surface area contributed by atoms with Crippen LogP contribution in [-0.2, 0) is 16.1 Å². The van der Waals surface area contributed by atoms with E-state index in [1.54, 1.807) is 24.3 Å². The summed E-state index contributed by atoms with van der Waals surface area (Å²) in [4.78, 5) is 16.3. The third kappa shape index (κ3) is 4.52. The summed E-state index contributed by atoms with van der Waals surface area (Å²) in [5.41, 5.74) is 2.13. The standard InChI is InChI=1S/C23H15ClFNO3/c24-20-10-2-1-6-17(20)14-28-19-9-3-5-15(11-19)12-21-23(27)29-22(26-21)16-7-4-8-18(25)13-16/h1-13H,14H2/b21-12-. The lowest BCUT2D eigenvalue weighted by Gasteiger charge is -2.08. The lowest BCUT2D eigenvalue weighted by molar-refractivity contribution is -0.129. The average molecular weight is 408 g/mol. The van der Waals surface area contributed by atoms with Crippen LogP contribution in [0.2, 0.25) is 5.02 Å². The molecule has 0 amide bonds.